The number of ether oxygens (including phenoxy) is 3. The molecule has 2 aromatic carbocycles. The Kier molecular flexibility index (Phi) is 6.38. The molecule has 0 aliphatic carbocycles. The Morgan fingerprint density at radius 2 is 1.75 bits per heavy atom. The van der Waals surface area contributed by atoms with E-state index in [-0.39, 0.29) is 23.9 Å². The van der Waals surface area contributed by atoms with Crippen molar-refractivity contribution in [2.75, 3.05) is 27.9 Å². The highest BCUT2D eigenvalue weighted by Crippen LogP contribution is 2.33. The SMILES string of the molecule is COc1ccc(C(C)NC(=O)C2CNNC2c2ccc(OC)c(OC)c2)cc1. The largest absolute Gasteiger partial charge is 0.497 e. The zero-order valence-electron chi connectivity index (χ0n) is 16.6. The highest BCUT2D eigenvalue weighted by atomic mass is 16.5. The van der Waals surface area contributed by atoms with Gasteiger partial charge in [0.1, 0.15) is 5.75 Å². The van der Waals surface area contributed by atoms with Crippen LogP contribution in [-0.4, -0.2) is 33.8 Å². The Labute approximate surface area is 165 Å². The van der Waals surface area contributed by atoms with Crippen LogP contribution in [-0.2, 0) is 4.79 Å². The zero-order chi connectivity index (χ0) is 20.1. The molecule has 1 heterocycles. The van der Waals surface area contributed by atoms with Crippen molar-refractivity contribution in [3.63, 3.8) is 0 Å². The number of nitrogens with one attached hydrogen (secondary N) is 3. The van der Waals surface area contributed by atoms with E-state index < -0.39 is 0 Å². The van der Waals surface area contributed by atoms with Crippen LogP contribution >= 0.6 is 0 Å². The van der Waals surface area contributed by atoms with Gasteiger partial charge in [0.15, 0.2) is 11.5 Å². The molecule has 3 rings (SSSR count). The Bertz CT molecular complexity index is 810. The van der Waals surface area contributed by atoms with Crippen LogP contribution in [0.4, 0.5) is 0 Å². The third-order valence-corrected chi connectivity index (χ3v) is 5.06. The summed E-state index contributed by atoms with van der Waals surface area (Å²) in [6.07, 6.45) is 0. The molecule has 28 heavy (non-hydrogen) atoms. The van der Waals surface area contributed by atoms with Crippen molar-refractivity contribution in [3.05, 3.63) is 53.6 Å². The summed E-state index contributed by atoms with van der Waals surface area (Å²) in [5.74, 6) is 1.82. The minimum Gasteiger partial charge on any atom is -0.497 e. The number of hydrogen-bond acceptors (Lipinski definition) is 6. The van der Waals surface area contributed by atoms with Crippen LogP contribution < -0.4 is 30.4 Å². The second-order valence-electron chi connectivity index (χ2n) is 6.73. The molecule has 1 saturated heterocycles. The van der Waals surface area contributed by atoms with E-state index in [1.165, 1.54) is 0 Å². The fourth-order valence-corrected chi connectivity index (χ4v) is 3.40. The average molecular weight is 385 g/mol. The number of hydrogen-bond donors (Lipinski definition) is 3. The van der Waals surface area contributed by atoms with Gasteiger partial charge >= 0.3 is 0 Å². The molecule has 0 saturated carbocycles. The standard InChI is InChI=1S/C21H27N3O4/c1-13(14-5-8-16(26-2)9-6-14)23-21(25)17-12-22-24-20(17)15-7-10-18(27-3)19(11-15)28-4/h5-11,13,17,20,22,24H,12H2,1-4H3,(H,23,25). The van der Waals surface area contributed by atoms with Crippen molar-refractivity contribution in [3.8, 4) is 17.2 Å². The molecule has 3 atom stereocenters. The predicted octanol–water partition coefficient (Wildman–Crippen LogP) is 2.35. The molecule has 150 valence electrons. The maximum absolute atomic E-state index is 12.9. The van der Waals surface area contributed by atoms with E-state index in [9.17, 15) is 4.79 Å². The third kappa shape index (κ3) is 4.21. The predicted molar refractivity (Wildman–Crippen MR) is 106 cm³/mol. The van der Waals surface area contributed by atoms with E-state index in [0.29, 0.717) is 18.0 Å². The number of hydrazine groups is 1. The van der Waals surface area contributed by atoms with E-state index in [4.69, 9.17) is 14.2 Å². The van der Waals surface area contributed by atoms with Gasteiger partial charge in [-0.05, 0) is 42.3 Å². The quantitative estimate of drug-likeness (QED) is 0.679. The zero-order valence-corrected chi connectivity index (χ0v) is 16.6. The molecule has 2 aromatic rings. The highest BCUT2D eigenvalue weighted by molar-refractivity contribution is 5.80. The molecule has 0 aromatic heterocycles. The van der Waals surface area contributed by atoms with Crippen molar-refractivity contribution < 1.29 is 19.0 Å². The van der Waals surface area contributed by atoms with Crippen LogP contribution in [0.1, 0.15) is 30.1 Å². The van der Waals surface area contributed by atoms with Crippen molar-refractivity contribution in [2.45, 2.75) is 19.0 Å². The average Bonchev–Trinajstić information content (AvgIpc) is 3.23. The second-order valence-corrected chi connectivity index (χ2v) is 6.73. The molecule has 0 radical (unpaired) electrons. The molecule has 3 N–H and O–H groups in total. The fourth-order valence-electron chi connectivity index (χ4n) is 3.40. The van der Waals surface area contributed by atoms with Gasteiger partial charge in [0, 0.05) is 6.54 Å². The lowest BCUT2D eigenvalue weighted by molar-refractivity contribution is -0.125. The van der Waals surface area contributed by atoms with Crippen molar-refractivity contribution in [1.82, 2.24) is 16.2 Å². The summed E-state index contributed by atoms with van der Waals surface area (Å²) in [6, 6.07) is 13.1. The van der Waals surface area contributed by atoms with Crippen LogP contribution in [0.15, 0.2) is 42.5 Å². The van der Waals surface area contributed by atoms with Crippen LogP contribution in [0.3, 0.4) is 0 Å². The minimum absolute atomic E-state index is 0.0133. The summed E-state index contributed by atoms with van der Waals surface area (Å²) < 4.78 is 15.9. The molecule has 1 fully saturated rings. The summed E-state index contributed by atoms with van der Waals surface area (Å²) >= 11 is 0. The first-order chi connectivity index (χ1) is 13.6. The van der Waals surface area contributed by atoms with Gasteiger partial charge in [-0.25, -0.2) is 5.43 Å². The number of carbonyl (C=O) groups excluding carboxylic acids is 1. The first-order valence-corrected chi connectivity index (χ1v) is 9.22. The van der Waals surface area contributed by atoms with Gasteiger partial charge in [-0.2, -0.15) is 0 Å². The van der Waals surface area contributed by atoms with Gasteiger partial charge in [-0.1, -0.05) is 18.2 Å². The number of amides is 1. The van der Waals surface area contributed by atoms with Crippen molar-refractivity contribution in [2.24, 2.45) is 5.92 Å². The lowest BCUT2D eigenvalue weighted by Gasteiger charge is -2.22. The molecule has 1 aliphatic rings. The molecular weight excluding hydrogens is 358 g/mol. The van der Waals surface area contributed by atoms with Crippen LogP contribution in [0.2, 0.25) is 0 Å². The molecule has 1 aliphatic heterocycles. The van der Waals surface area contributed by atoms with E-state index in [1.54, 1.807) is 21.3 Å². The number of methoxy groups -OCH3 is 3. The van der Waals surface area contributed by atoms with Gasteiger partial charge in [0.25, 0.3) is 0 Å². The normalized spacial score (nSPS) is 19.7. The third-order valence-electron chi connectivity index (χ3n) is 5.06. The molecule has 7 heteroatoms. The van der Waals surface area contributed by atoms with E-state index >= 15 is 0 Å². The lowest BCUT2D eigenvalue weighted by atomic mass is 9.93. The van der Waals surface area contributed by atoms with Crippen LogP contribution in [0.25, 0.3) is 0 Å². The van der Waals surface area contributed by atoms with Gasteiger partial charge in [0.05, 0.1) is 39.3 Å². The molecule has 0 bridgehead atoms. The second kappa shape index (κ2) is 8.95. The first-order valence-electron chi connectivity index (χ1n) is 9.22. The van der Waals surface area contributed by atoms with Gasteiger partial charge in [-0.3, -0.25) is 10.2 Å². The van der Waals surface area contributed by atoms with E-state index in [2.05, 4.69) is 16.2 Å². The maximum atomic E-state index is 12.9. The highest BCUT2D eigenvalue weighted by Gasteiger charge is 2.35. The summed E-state index contributed by atoms with van der Waals surface area (Å²) in [5.41, 5.74) is 8.28. The fraction of sp³-hybridized carbons (Fsp3) is 0.381. The minimum atomic E-state index is -0.251. The lowest BCUT2D eigenvalue weighted by Crippen LogP contribution is -2.36. The Hall–Kier alpha value is -2.77. The topological polar surface area (TPSA) is 80.9 Å². The van der Waals surface area contributed by atoms with Gasteiger partial charge in [0.2, 0.25) is 5.91 Å². The molecule has 3 unspecified atom stereocenters. The number of benzene rings is 2. The first kappa shape index (κ1) is 20.0. The number of rotatable bonds is 7. The molecular formula is C21H27N3O4. The Balaban J connectivity index is 1.72. The van der Waals surface area contributed by atoms with Crippen LogP contribution in [0.5, 0.6) is 17.2 Å². The number of carbonyl (C=O) groups is 1. The van der Waals surface area contributed by atoms with Crippen LogP contribution in [0, 0.1) is 5.92 Å². The van der Waals surface area contributed by atoms with E-state index in [0.717, 1.165) is 16.9 Å². The summed E-state index contributed by atoms with van der Waals surface area (Å²) in [5, 5.41) is 3.11. The Morgan fingerprint density at radius 3 is 2.39 bits per heavy atom. The molecule has 0 spiro atoms. The monoisotopic (exact) mass is 385 g/mol. The summed E-state index contributed by atoms with van der Waals surface area (Å²) in [4.78, 5) is 12.9. The van der Waals surface area contributed by atoms with Crippen molar-refractivity contribution in [1.29, 1.82) is 0 Å². The molecule has 7 nitrogen and oxygen atoms in total. The van der Waals surface area contributed by atoms with Gasteiger partial charge < -0.3 is 19.5 Å². The maximum Gasteiger partial charge on any atom is 0.226 e. The van der Waals surface area contributed by atoms with Gasteiger partial charge in [-0.15, -0.1) is 0 Å². The van der Waals surface area contributed by atoms with E-state index in [1.807, 2.05) is 49.4 Å². The molecule has 1 amide bonds. The smallest absolute Gasteiger partial charge is 0.226 e. The van der Waals surface area contributed by atoms with Crippen molar-refractivity contribution >= 4 is 5.91 Å². The summed E-state index contributed by atoms with van der Waals surface area (Å²) in [6.45, 7) is 2.51. The summed E-state index contributed by atoms with van der Waals surface area (Å²) in [7, 11) is 4.83. The Morgan fingerprint density at radius 1 is 1.04 bits per heavy atom.